The number of nitrogens with zero attached hydrogens (tertiary/aromatic N) is 3. The van der Waals surface area contributed by atoms with Gasteiger partial charge < -0.3 is 14.6 Å². The van der Waals surface area contributed by atoms with E-state index in [1.807, 2.05) is 18.2 Å². The number of nitro groups is 1. The number of carbonyl (C=O) groups is 1. The Kier molecular flexibility index (Phi) is 6.99. The monoisotopic (exact) mass is 429 g/mol. The summed E-state index contributed by atoms with van der Waals surface area (Å²) in [5.41, 5.74) is 1.13. The number of nitro benzene ring substituents is 1. The zero-order chi connectivity index (χ0) is 21.5. The van der Waals surface area contributed by atoms with Crippen molar-refractivity contribution in [1.29, 1.82) is 0 Å². The fourth-order valence-corrected chi connectivity index (χ4v) is 3.00. The second-order valence-electron chi connectivity index (χ2n) is 6.33. The summed E-state index contributed by atoms with van der Waals surface area (Å²) in [5.74, 6) is -0.196. The lowest BCUT2D eigenvalue weighted by Crippen LogP contribution is -2.17. The van der Waals surface area contributed by atoms with Crippen LogP contribution in [0.1, 0.15) is 15.9 Å². The number of amides is 1. The third-order valence-electron chi connectivity index (χ3n) is 4.32. The van der Waals surface area contributed by atoms with Crippen molar-refractivity contribution in [2.45, 2.75) is 6.54 Å². The van der Waals surface area contributed by atoms with Gasteiger partial charge in [-0.15, -0.1) is 0 Å². The maximum atomic E-state index is 12.7. The van der Waals surface area contributed by atoms with Crippen LogP contribution in [0.5, 0.6) is 0 Å². The molecule has 0 aliphatic rings. The number of hydrogen-bond donors (Lipinski definition) is 2. The molecule has 0 saturated heterocycles. The smallest absolute Gasteiger partial charge is 0.293 e. The van der Waals surface area contributed by atoms with Gasteiger partial charge in [0, 0.05) is 42.7 Å². The Morgan fingerprint density at radius 1 is 1.30 bits per heavy atom. The van der Waals surface area contributed by atoms with E-state index in [1.165, 1.54) is 18.2 Å². The Labute approximate surface area is 177 Å². The highest BCUT2D eigenvalue weighted by molar-refractivity contribution is 6.31. The van der Waals surface area contributed by atoms with E-state index in [2.05, 4.69) is 15.6 Å². The van der Waals surface area contributed by atoms with Crippen molar-refractivity contribution < 1.29 is 14.5 Å². The molecule has 156 valence electrons. The predicted octanol–water partition coefficient (Wildman–Crippen LogP) is 3.80. The maximum absolute atomic E-state index is 12.7. The first-order valence-corrected chi connectivity index (χ1v) is 9.44. The predicted molar refractivity (Wildman–Crippen MR) is 114 cm³/mol. The third kappa shape index (κ3) is 5.13. The number of imidazole rings is 1. The highest BCUT2D eigenvalue weighted by Crippen LogP contribution is 2.26. The molecule has 10 heteroatoms. The largest absolute Gasteiger partial charge is 0.383 e. The highest BCUT2D eigenvalue weighted by atomic mass is 35.5. The van der Waals surface area contributed by atoms with Crippen LogP contribution in [0.4, 0.5) is 17.3 Å². The number of anilines is 2. The van der Waals surface area contributed by atoms with Crippen LogP contribution in [0.15, 0.2) is 54.9 Å². The second-order valence-corrected chi connectivity index (χ2v) is 6.74. The van der Waals surface area contributed by atoms with Crippen LogP contribution in [-0.2, 0) is 11.3 Å². The molecule has 30 heavy (non-hydrogen) atoms. The van der Waals surface area contributed by atoms with E-state index in [9.17, 15) is 14.9 Å². The molecule has 0 radical (unpaired) electrons. The van der Waals surface area contributed by atoms with Gasteiger partial charge in [-0.25, -0.2) is 4.98 Å². The van der Waals surface area contributed by atoms with E-state index in [4.69, 9.17) is 16.3 Å². The van der Waals surface area contributed by atoms with E-state index in [0.717, 1.165) is 5.56 Å². The molecule has 9 nitrogen and oxygen atoms in total. The molecule has 2 N–H and O–H groups in total. The van der Waals surface area contributed by atoms with Crippen molar-refractivity contribution in [3.05, 3.63) is 81.1 Å². The molecule has 0 aliphatic heterocycles. The van der Waals surface area contributed by atoms with Crippen molar-refractivity contribution in [2.24, 2.45) is 0 Å². The van der Waals surface area contributed by atoms with Gasteiger partial charge in [0.15, 0.2) is 0 Å². The van der Waals surface area contributed by atoms with Crippen molar-refractivity contribution in [1.82, 2.24) is 9.55 Å². The molecule has 0 bridgehead atoms. The summed E-state index contributed by atoms with van der Waals surface area (Å²) >= 11 is 6.20. The fraction of sp³-hybridized carbons (Fsp3) is 0.200. The van der Waals surface area contributed by atoms with E-state index in [1.54, 1.807) is 30.1 Å². The topological polar surface area (TPSA) is 111 Å². The molecule has 0 spiro atoms. The van der Waals surface area contributed by atoms with Crippen LogP contribution in [0.3, 0.4) is 0 Å². The fourth-order valence-electron chi connectivity index (χ4n) is 2.81. The van der Waals surface area contributed by atoms with Gasteiger partial charge in [-0.3, -0.25) is 20.2 Å². The Morgan fingerprint density at radius 3 is 2.83 bits per heavy atom. The molecule has 1 heterocycles. The molecule has 3 aromatic rings. The lowest BCUT2D eigenvalue weighted by atomic mass is 10.1. The summed E-state index contributed by atoms with van der Waals surface area (Å²) in [6, 6.07) is 11.6. The molecule has 0 saturated carbocycles. The summed E-state index contributed by atoms with van der Waals surface area (Å²) in [5, 5.41) is 17.6. The number of hydrogen-bond acceptors (Lipinski definition) is 6. The van der Waals surface area contributed by atoms with E-state index in [0.29, 0.717) is 36.4 Å². The number of benzene rings is 2. The van der Waals surface area contributed by atoms with Gasteiger partial charge in [-0.05, 0) is 23.8 Å². The number of nitrogens with one attached hydrogen (secondary N) is 2. The van der Waals surface area contributed by atoms with Crippen LogP contribution in [0.25, 0.3) is 0 Å². The van der Waals surface area contributed by atoms with Gasteiger partial charge in [0.05, 0.1) is 18.1 Å². The van der Waals surface area contributed by atoms with Crippen LogP contribution >= 0.6 is 11.6 Å². The average Bonchev–Trinajstić information content (AvgIpc) is 3.16. The lowest BCUT2D eigenvalue weighted by molar-refractivity contribution is -0.384. The molecule has 1 amide bonds. The van der Waals surface area contributed by atoms with E-state index in [-0.39, 0.29) is 11.3 Å². The zero-order valence-corrected chi connectivity index (χ0v) is 16.9. The molecular weight excluding hydrogens is 410 g/mol. The molecular formula is C20H20ClN5O4. The molecule has 1 aromatic heterocycles. The van der Waals surface area contributed by atoms with Gasteiger partial charge in [0.25, 0.3) is 11.6 Å². The number of rotatable bonds is 9. The minimum atomic E-state index is -0.537. The Bertz CT molecular complexity index is 1050. The molecule has 2 aromatic carbocycles. The second kappa shape index (κ2) is 9.86. The minimum absolute atomic E-state index is 0.145. The summed E-state index contributed by atoms with van der Waals surface area (Å²) in [6.07, 6.45) is 3.27. The number of halogens is 1. The summed E-state index contributed by atoms with van der Waals surface area (Å²) in [4.78, 5) is 27.7. The standard InChI is InChI=1S/C20H20ClN5O4/c1-30-11-9-22-17-7-6-14(12-18(17)26(28)29)19(27)24-20-23-8-10-25(20)13-15-4-2-3-5-16(15)21/h2-8,10,12,22H,9,11,13H2,1H3,(H,23,24,27). The summed E-state index contributed by atoms with van der Waals surface area (Å²) in [6.45, 7) is 1.22. The van der Waals surface area contributed by atoms with Crippen LogP contribution in [0.2, 0.25) is 5.02 Å². The third-order valence-corrected chi connectivity index (χ3v) is 4.69. The van der Waals surface area contributed by atoms with Crippen LogP contribution in [-0.4, -0.2) is 40.6 Å². The SMILES string of the molecule is COCCNc1ccc(C(=O)Nc2nccn2Cc2ccccc2Cl)cc1[N+](=O)[O-]. The number of methoxy groups -OCH3 is 1. The minimum Gasteiger partial charge on any atom is -0.383 e. The van der Waals surface area contributed by atoms with Gasteiger partial charge in [0.1, 0.15) is 5.69 Å². The first kappa shape index (κ1) is 21.3. The molecule has 0 aliphatic carbocycles. The van der Waals surface area contributed by atoms with Crippen molar-refractivity contribution in [3.8, 4) is 0 Å². The van der Waals surface area contributed by atoms with Gasteiger partial charge in [-0.1, -0.05) is 29.8 Å². The van der Waals surface area contributed by atoms with E-state index < -0.39 is 10.8 Å². The molecule has 0 atom stereocenters. The van der Waals surface area contributed by atoms with Crippen LogP contribution < -0.4 is 10.6 Å². The number of aromatic nitrogens is 2. The average molecular weight is 430 g/mol. The van der Waals surface area contributed by atoms with Gasteiger partial charge in [-0.2, -0.15) is 0 Å². The van der Waals surface area contributed by atoms with Crippen molar-refractivity contribution in [2.75, 3.05) is 30.9 Å². The Morgan fingerprint density at radius 2 is 2.10 bits per heavy atom. The quantitative estimate of drug-likeness (QED) is 0.304. The maximum Gasteiger partial charge on any atom is 0.293 e. The normalized spacial score (nSPS) is 10.6. The molecule has 3 rings (SSSR count). The summed E-state index contributed by atoms with van der Waals surface area (Å²) < 4.78 is 6.66. The first-order chi connectivity index (χ1) is 14.5. The Hall–Kier alpha value is -3.43. The van der Waals surface area contributed by atoms with Crippen molar-refractivity contribution >= 4 is 34.8 Å². The Balaban J connectivity index is 1.77. The van der Waals surface area contributed by atoms with E-state index >= 15 is 0 Å². The first-order valence-electron chi connectivity index (χ1n) is 9.06. The van der Waals surface area contributed by atoms with Crippen LogP contribution in [0, 0.1) is 10.1 Å². The van der Waals surface area contributed by atoms with Crippen molar-refractivity contribution in [3.63, 3.8) is 0 Å². The molecule has 0 fully saturated rings. The number of ether oxygens (including phenoxy) is 1. The zero-order valence-electron chi connectivity index (χ0n) is 16.2. The molecule has 0 unspecified atom stereocenters. The lowest BCUT2D eigenvalue weighted by Gasteiger charge is -2.11. The summed E-state index contributed by atoms with van der Waals surface area (Å²) in [7, 11) is 1.54. The van der Waals surface area contributed by atoms with Gasteiger partial charge >= 0.3 is 0 Å². The number of carbonyl (C=O) groups excluding carboxylic acids is 1. The highest BCUT2D eigenvalue weighted by Gasteiger charge is 2.18. The van der Waals surface area contributed by atoms with Gasteiger partial charge in [0.2, 0.25) is 5.95 Å².